The lowest BCUT2D eigenvalue weighted by molar-refractivity contribution is 0.0793. The van der Waals surface area contributed by atoms with Crippen LogP contribution in [0.2, 0.25) is 0 Å². The van der Waals surface area contributed by atoms with Crippen molar-refractivity contribution in [2.45, 2.75) is 6.42 Å². The van der Waals surface area contributed by atoms with Crippen molar-refractivity contribution < 1.29 is 4.79 Å². The first-order valence-electron chi connectivity index (χ1n) is 4.79. The van der Waals surface area contributed by atoms with Crippen LogP contribution in [-0.2, 0) is 0 Å². The minimum atomic E-state index is -0.273. The lowest BCUT2D eigenvalue weighted by Crippen LogP contribution is -2.32. The van der Waals surface area contributed by atoms with Crippen molar-refractivity contribution in [3.8, 4) is 0 Å². The van der Waals surface area contributed by atoms with Crippen molar-refractivity contribution in [2.24, 2.45) is 5.73 Å². The highest BCUT2D eigenvalue weighted by molar-refractivity contribution is 5.93. The van der Waals surface area contributed by atoms with Gasteiger partial charge in [-0.2, -0.15) is 0 Å². The van der Waals surface area contributed by atoms with Crippen molar-refractivity contribution in [2.75, 3.05) is 20.1 Å². The van der Waals surface area contributed by atoms with Crippen LogP contribution in [0, 0.1) is 0 Å². The average molecular weight is 209 g/mol. The van der Waals surface area contributed by atoms with Gasteiger partial charge in [0.2, 0.25) is 0 Å². The molecule has 1 aromatic heterocycles. The minimum Gasteiger partial charge on any atom is -0.367 e. The normalized spacial score (nSPS) is 10.0. The number of aromatic nitrogens is 1. The lowest BCUT2D eigenvalue weighted by Gasteiger charge is -2.15. The molecule has 0 unspecified atom stereocenters. The summed E-state index contributed by atoms with van der Waals surface area (Å²) in [7, 11) is 1.66. The van der Waals surface area contributed by atoms with Gasteiger partial charge in [-0.15, -0.1) is 0 Å². The van der Waals surface area contributed by atoms with Crippen LogP contribution in [0.25, 0.3) is 0 Å². The quantitative estimate of drug-likeness (QED) is 0.720. The van der Waals surface area contributed by atoms with Crippen LogP contribution < -0.4 is 11.2 Å². The molecule has 5 nitrogen and oxygen atoms in total. The summed E-state index contributed by atoms with van der Waals surface area (Å²) < 4.78 is 0. The van der Waals surface area contributed by atoms with E-state index in [1.165, 1.54) is 23.4 Å². The number of carbonyl (C=O) groups excluding carboxylic acids is 1. The molecule has 0 aliphatic carbocycles. The van der Waals surface area contributed by atoms with Gasteiger partial charge in [0, 0.05) is 32.1 Å². The smallest absolute Gasteiger partial charge is 0.259 e. The summed E-state index contributed by atoms with van der Waals surface area (Å²) in [6.07, 6.45) is 3.65. The maximum Gasteiger partial charge on any atom is 0.259 e. The van der Waals surface area contributed by atoms with E-state index >= 15 is 0 Å². The fourth-order valence-electron chi connectivity index (χ4n) is 1.22. The molecule has 3 N–H and O–H groups in total. The molecule has 0 radical (unpaired) electrons. The zero-order valence-electron chi connectivity index (χ0n) is 8.69. The molecule has 1 aromatic rings. The van der Waals surface area contributed by atoms with Crippen LogP contribution >= 0.6 is 0 Å². The maximum atomic E-state index is 11.7. The molecule has 0 saturated carbocycles. The first kappa shape index (κ1) is 11.5. The van der Waals surface area contributed by atoms with Crippen LogP contribution in [0.15, 0.2) is 23.3 Å². The molecule has 0 aliphatic rings. The predicted molar refractivity (Wildman–Crippen MR) is 57.7 cm³/mol. The van der Waals surface area contributed by atoms with Gasteiger partial charge >= 0.3 is 0 Å². The van der Waals surface area contributed by atoms with Gasteiger partial charge in [-0.25, -0.2) is 0 Å². The molecule has 0 aromatic carbocycles. The Kier molecular flexibility index (Phi) is 4.05. The Labute approximate surface area is 87.9 Å². The highest BCUT2D eigenvalue weighted by Crippen LogP contribution is 1.96. The summed E-state index contributed by atoms with van der Waals surface area (Å²) in [6.45, 7) is 1.09. The number of H-pyrrole nitrogens is 1. The van der Waals surface area contributed by atoms with Crippen LogP contribution in [0.1, 0.15) is 16.8 Å². The molecule has 0 bridgehead atoms. The van der Waals surface area contributed by atoms with Crippen molar-refractivity contribution in [1.29, 1.82) is 0 Å². The van der Waals surface area contributed by atoms with Crippen molar-refractivity contribution in [3.63, 3.8) is 0 Å². The van der Waals surface area contributed by atoms with Gasteiger partial charge in [0.05, 0.1) is 0 Å². The highest BCUT2D eigenvalue weighted by Gasteiger charge is 2.13. The van der Waals surface area contributed by atoms with Crippen molar-refractivity contribution in [3.05, 3.63) is 34.2 Å². The van der Waals surface area contributed by atoms with E-state index in [0.29, 0.717) is 13.1 Å². The van der Waals surface area contributed by atoms with Crippen LogP contribution in [0.3, 0.4) is 0 Å². The van der Waals surface area contributed by atoms with E-state index in [2.05, 4.69) is 4.98 Å². The maximum absolute atomic E-state index is 11.7. The van der Waals surface area contributed by atoms with Gasteiger partial charge < -0.3 is 15.6 Å². The number of carbonyl (C=O) groups is 1. The molecule has 0 fully saturated rings. The van der Waals surface area contributed by atoms with E-state index < -0.39 is 0 Å². The highest BCUT2D eigenvalue weighted by atomic mass is 16.2. The molecule has 0 saturated heterocycles. The number of aromatic amines is 1. The molecule has 0 aliphatic heterocycles. The third-order valence-corrected chi connectivity index (χ3v) is 2.10. The van der Waals surface area contributed by atoms with Gasteiger partial charge in [0.25, 0.3) is 5.91 Å². The van der Waals surface area contributed by atoms with E-state index in [1.807, 2.05) is 0 Å². The molecule has 82 valence electrons. The second-order valence-corrected chi connectivity index (χ2v) is 3.29. The van der Waals surface area contributed by atoms with E-state index in [9.17, 15) is 9.59 Å². The number of hydrogen-bond acceptors (Lipinski definition) is 3. The third kappa shape index (κ3) is 2.92. The second-order valence-electron chi connectivity index (χ2n) is 3.29. The first-order valence-corrected chi connectivity index (χ1v) is 4.79. The molecule has 0 spiro atoms. The fourth-order valence-corrected chi connectivity index (χ4v) is 1.22. The zero-order valence-corrected chi connectivity index (χ0v) is 8.69. The number of rotatable bonds is 4. The topological polar surface area (TPSA) is 79.2 Å². The molecule has 1 amide bonds. The third-order valence-electron chi connectivity index (χ3n) is 2.10. The van der Waals surface area contributed by atoms with Gasteiger partial charge in [-0.05, 0) is 13.0 Å². The average Bonchev–Trinajstić information content (AvgIpc) is 2.25. The number of hydrogen-bond donors (Lipinski definition) is 2. The number of nitrogens with zero attached hydrogens (tertiary/aromatic N) is 1. The van der Waals surface area contributed by atoms with Crippen LogP contribution in [0.5, 0.6) is 0 Å². The van der Waals surface area contributed by atoms with Gasteiger partial charge in [0.1, 0.15) is 5.56 Å². The Bertz CT molecular complexity index is 386. The molecule has 5 heteroatoms. The number of nitrogens with two attached hydrogens (primary N) is 1. The Hall–Kier alpha value is -1.62. The van der Waals surface area contributed by atoms with Crippen molar-refractivity contribution >= 4 is 5.91 Å². The first-order chi connectivity index (χ1) is 7.16. The number of amides is 1. The Balaban J connectivity index is 2.77. The predicted octanol–water partition coefficient (Wildman–Crippen LogP) is -0.204. The molecule has 15 heavy (non-hydrogen) atoms. The van der Waals surface area contributed by atoms with E-state index in [-0.39, 0.29) is 16.9 Å². The van der Waals surface area contributed by atoms with Crippen LogP contribution in [0.4, 0.5) is 0 Å². The summed E-state index contributed by atoms with van der Waals surface area (Å²) in [5.41, 5.74) is 5.24. The van der Waals surface area contributed by atoms with Crippen molar-refractivity contribution in [1.82, 2.24) is 9.88 Å². The zero-order chi connectivity index (χ0) is 11.3. The SMILES string of the molecule is CN(CCCN)C(=O)c1c[nH]ccc1=O. The van der Waals surface area contributed by atoms with E-state index in [0.717, 1.165) is 6.42 Å². The Morgan fingerprint density at radius 1 is 1.60 bits per heavy atom. The number of pyridine rings is 1. The molecule has 1 rings (SSSR count). The standard InChI is InChI=1S/C10H15N3O2/c1-13(6-2-4-11)10(15)8-7-12-5-3-9(8)14/h3,5,7H,2,4,6,11H2,1H3,(H,12,14). The minimum absolute atomic E-state index is 0.164. The van der Waals surface area contributed by atoms with Gasteiger partial charge in [-0.1, -0.05) is 0 Å². The fraction of sp³-hybridized carbons (Fsp3) is 0.400. The second kappa shape index (κ2) is 5.31. The van der Waals surface area contributed by atoms with Gasteiger partial charge in [0.15, 0.2) is 5.43 Å². The summed E-state index contributed by atoms with van der Waals surface area (Å²) in [5, 5.41) is 0. The number of nitrogens with one attached hydrogen (secondary N) is 1. The molecular weight excluding hydrogens is 194 g/mol. The molecule has 1 heterocycles. The Morgan fingerprint density at radius 3 is 2.93 bits per heavy atom. The summed E-state index contributed by atoms with van der Waals surface area (Å²) in [5.74, 6) is -0.273. The summed E-state index contributed by atoms with van der Waals surface area (Å²) >= 11 is 0. The molecular formula is C10H15N3O2. The Morgan fingerprint density at radius 2 is 2.33 bits per heavy atom. The van der Waals surface area contributed by atoms with Crippen LogP contribution in [-0.4, -0.2) is 35.9 Å². The largest absolute Gasteiger partial charge is 0.367 e. The van der Waals surface area contributed by atoms with E-state index in [4.69, 9.17) is 5.73 Å². The summed E-state index contributed by atoms with van der Waals surface area (Å²) in [4.78, 5) is 27.3. The molecule has 0 atom stereocenters. The van der Waals surface area contributed by atoms with Gasteiger partial charge in [-0.3, -0.25) is 9.59 Å². The monoisotopic (exact) mass is 209 g/mol. The lowest BCUT2D eigenvalue weighted by atomic mass is 10.2. The van der Waals surface area contributed by atoms with E-state index in [1.54, 1.807) is 7.05 Å². The summed E-state index contributed by atoms with van der Waals surface area (Å²) in [6, 6.07) is 1.34.